The summed E-state index contributed by atoms with van der Waals surface area (Å²) in [5.74, 6) is 0.275. The van der Waals surface area contributed by atoms with E-state index in [-0.39, 0.29) is 5.75 Å². The summed E-state index contributed by atoms with van der Waals surface area (Å²) in [4.78, 5) is 0. The number of rotatable bonds is 5. The Morgan fingerprint density at radius 2 is 2.24 bits per heavy atom. The van der Waals surface area contributed by atoms with Gasteiger partial charge >= 0.3 is 0 Å². The maximum atomic E-state index is 9.89. The van der Waals surface area contributed by atoms with Crippen LogP contribution in [0.25, 0.3) is 5.57 Å². The second kappa shape index (κ2) is 6.71. The Hall–Kier alpha value is -1.80. The summed E-state index contributed by atoms with van der Waals surface area (Å²) in [7, 11) is 0. The van der Waals surface area contributed by atoms with Crippen molar-refractivity contribution in [2.45, 2.75) is 13.3 Å². The van der Waals surface area contributed by atoms with Crippen LogP contribution in [0.15, 0.2) is 49.1 Å². The van der Waals surface area contributed by atoms with Crippen LogP contribution in [0.3, 0.4) is 0 Å². The first-order valence-electron chi connectivity index (χ1n) is 5.70. The standard InChI is InChI=1S/C15H19NO/c1-3-5-13(6-4-2)14-11-12(9-10-16)7-8-15(14)17/h3-8,11,17H,1,9-10,16H2,2H3/b6-4-,13-5+. The molecule has 90 valence electrons. The molecule has 0 unspecified atom stereocenters. The maximum Gasteiger partial charge on any atom is 0.123 e. The third-order valence-electron chi connectivity index (χ3n) is 2.45. The molecule has 0 aliphatic rings. The van der Waals surface area contributed by atoms with E-state index in [2.05, 4.69) is 6.58 Å². The molecule has 0 bridgehead atoms. The molecule has 0 aromatic heterocycles. The number of aromatic hydroxyl groups is 1. The fraction of sp³-hybridized carbons (Fsp3) is 0.200. The Bertz CT molecular complexity index is 444. The minimum atomic E-state index is 0.275. The van der Waals surface area contributed by atoms with Gasteiger partial charge < -0.3 is 10.8 Å². The van der Waals surface area contributed by atoms with Crippen LogP contribution >= 0.6 is 0 Å². The molecule has 0 fully saturated rings. The van der Waals surface area contributed by atoms with E-state index in [1.54, 1.807) is 12.1 Å². The average molecular weight is 229 g/mol. The third kappa shape index (κ3) is 3.61. The van der Waals surface area contributed by atoms with Crippen LogP contribution in [0, 0.1) is 0 Å². The predicted octanol–water partition coefficient (Wildman–Crippen LogP) is 3.04. The molecule has 2 nitrogen and oxygen atoms in total. The normalized spacial score (nSPS) is 12.0. The molecule has 0 spiro atoms. The molecule has 0 atom stereocenters. The van der Waals surface area contributed by atoms with Crippen molar-refractivity contribution in [1.29, 1.82) is 0 Å². The highest BCUT2D eigenvalue weighted by molar-refractivity contribution is 5.78. The fourth-order valence-corrected chi connectivity index (χ4v) is 1.68. The number of hydrogen-bond acceptors (Lipinski definition) is 2. The van der Waals surface area contributed by atoms with Crippen molar-refractivity contribution in [3.05, 3.63) is 60.2 Å². The summed E-state index contributed by atoms with van der Waals surface area (Å²) in [6.07, 6.45) is 8.28. The number of allylic oxidation sites excluding steroid dienone is 5. The molecule has 0 saturated carbocycles. The molecule has 1 aromatic rings. The summed E-state index contributed by atoms with van der Waals surface area (Å²) in [6.45, 7) is 6.23. The minimum absolute atomic E-state index is 0.275. The SMILES string of the molecule is C=C/C=C(\C=C/C)c1cc(CCN)ccc1O. The predicted molar refractivity (Wildman–Crippen MR) is 73.9 cm³/mol. The number of phenols is 1. The molecular weight excluding hydrogens is 210 g/mol. The van der Waals surface area contributed by atoms with E-state index in [0.717, 1.165) is 23.1 Å². The molecule has 0 heterocycles. The number of phenolic OH excluding ortho intramolecular Hbond substituents is 1. The summed E-state index contributed by atoms with van der Waals surface area (Å²) in [5.41, 5.74) is 8.42. The van der Waals surface area contributed by atoms with E-state index in [9.17, 15) is 5.11 Å². The molecule has 0 radical (unpaired) electrons. The lowest BCUT2D eigenvalue weighted by molar-refractivity contribution is 0.473. The first kappa shape index (κ1) is 13.3. The summed E-state index contributed by atoms with van der Waals surface area (Å²) >= 11 is 0. The van der Waals surface area contributed by atoms with E-state index in [0.29, 0.717) is 6.54 Å². The van der Waals surface area contributed by atoms with Crippen molar-refractivity contribution in [2.24, 2.45) is 5.73 Å². The van der Waals surface area contributed by atoms with Gasteiger partial charge in [-0.25, -0.2) is 0 Å². The van der Waals surface area contributed by atoms with E-state index < -0.39 is 0 Å². The quantitative estimate of drug-likeness (QED) is 0.762. The van der Waals surface area contributed by atoms with E-state index in [4.69, 9.17) is 5.73 Å². The lowest BCUT2D eigenvalue weighted by atomic mass is 10.00. The Morgan fingerprint density at radius 3 is 2.82 bits per heavy atom. The van der Waals surface area contributed by atoms with Gasteiger partial charge in [0.2, 0.25) is 0 Å². The van der Waals surface area contributed by atoms with Gasteiger partial charge in [-0.3, -0.25) is 0 Å². The average Bonchev–Trinajstić information content (AvgIpc) is 2.32. The van der Waals surface area contributed by atoms with Crippen LogP contribution in [-0.4, -0.2) is 11.7 Å². The van der Waals surface area contributed by atoms with Crippen LogP contribution < -0.4 is 5.73 Å². The lowest BCUT2D eigenvalue weighted by Gasteiger charge is -2.08. The highest BCUT2D eigenvalue weighted by Gasteiger charge is 2.05. The Labute approximate surface area is 103 Å². The van der Waals surface area contributed by atoms with Gasteiger partial charge in [0, 0.05) is 5.56 Å². The Morgan fingerprint density at radius 1 is 1.47 bits per heavy atom. The second-order valence-electron chi connectivity index (χ2n) is 3.75. The third-order valence-corrected chi connectivity index (χ3v) is 2.45. The molecule has 1 rings (SSSR count). The molecule has 3 N–H and O–H groups in total. The number of nitrogens with two attached hydrogens (primary N) is 1. The van der Waals surface area contributed by atoms with Gasteiger partial charge in [0.1, 0.15) is 5.75 Å². The summed E-state index contributed by atoms with van der Waals surface area (Å²) in [6, 6.07) is 5.57. The molecule has 0 aliphatic heterocycles. The van der Waals surface area contributed by atoms with Crippen LogP contribution in [0.2, 0.25) is 0 Å². The van der Waals surface area contributed by atoms with Gasteiger partial charge in [0.05, 0.1) is 0 Å². The zero-order valence-corrected chi connectivity index (χ0v) is 10.2. The van der Waals surface area contributed by atoms with Crippen LogP contribution in [0.1, 0.15) is 18.1 Å². The van der Waals surface area contributed by atoms with E-state index >= 15 is 0 Å². The second-order valence-corrected chi connectivity index (χ2v) is 3.75. The molecule has 0 amide bonds. The van der Waals surface area contributed by atoms with Gasteiger partial charge in [0.15, 0.2) is 0 Å². The summed E-state index contributed by atoms with van der Waals surface area (Å²) in [5, 5.41) is 9.89. The lowest BCUT2D eigenvalue weighted by Crippen LogP contribution is -2.02. The van der Waals surface area contributed by atoms with Crippen molar-refractivity contribution in [3.63, 3.8) is 0 Å². The minimum Gasteiger partial charge on any atom is -0.507 e. The smallest absolute Gasteiger partial charge is 0.123 e. The molecule has 17 heavy (non-hydrogen) atoms. The Balaban J connectivity index is 3.21. The molecule has 2 heteroatoms. The van der Waals surface area contributed by atoms with Crippen molar-refractivity contribution in [1.82, 2.24) is 0 Å². The molecular formula is C15H19NO. The first-order valence-corrected chi connectivity index (χ1v) is 5.70. The topological polar surface area (TPSA) is 46.2 Å². The largest absolute Gasteiger partial charge is 0.507 e. The highest BCUT2D eigenvalue weighted by Crippen LogP contribution is 2.27. The van der Waals surface area contributed by atoms with Gasteiger partial charge in [-0.05, 0) is 43.2 Å². The first-order chi connectivity index (χ1) is 8.22. The van der Waals surface area contributed by atoms with Crippen molar-refractivity contribution in [2.75, 3.05) is 6.54 Å². The number of benzene rings is 1. The maximum absolute atomic E-state index is 9.89. The Kier molecular flexibility index (Phi) is 5.24. The van der Waals surface area contributed by atoms with E-state index in [1.165, 1.54) is 0 Å². The molecule has 0 aliphatic carbocycles. The van der Waals surface area contributed by atoms with Crippen LogP contribution in [0.4, 0.5) is 0 Å². The van der Waals surface area contributed by atoms with Gasteiger partial charge in [0.25, 0.3) is 0 Å². The molecule has 1 aromatic carbocycles. The van der Waals surface area contributed by atoms with Crippen LogP contribution in [0.5, 0.6) is 5.75 Å². The van der Waals surface area contributed by atoms with E-state index in [1.807, 2.05) is 37.3 Å². The van der Waals surface area contributed by atoms with Gasteiger partial charge in [-0.15, -0.1) is 0 Å². The van der Waals surface area contributed by atoms with Crippen molar-refractivity contribution in [3.8, 4) is 5.75 Å². The monoisotopic (exact) mass is 229 g/mol. The number of hydrogen-bond donors (Lipinski definition) is 2. The van der Waals surface area contributed by atoms with Crippen molar-refractivity contribution >= 4 is 5.57 Å². The zero-order chi connectivity index (χ0) is 12.7. The van der Waals surface area contributed by atoms with Crippen LogP contribution in [-0.2, 0) is 6.42 Å². The van der Waals surface area contributed by atoms with Gasteiger partial charge in [-0.1, -0.05) is 36.9 Å². The zero-order valence-electron chi connectivity index (χ0n) is 10.2. The summed E-state index contributed by atoms with van der Waals surface area (Å²) < 4.78 is 0. The van der Waals surface area contributed by atoms with Crippen molar-refractivity contribution < 1.29 is 5.11 Å². The molecule has 0 saturated heterocycles. The fourth-order valence-electron chi connectivity index (χ4n) is 1.68. The highest BCUT2D eigenvalue weighted by atomic mass is 16.3. The van der Waals surface area contributed by atoms with Gasteiger partial charge in [-0.2, -0.15) is 0 Å².